The van der Waals surface area contributed by atoms with Gasteiger partial charge in [-0.2, -0.15) is 0 Å². The minimum absolute atomic E-state index is 0.135. The molecule has 0 aliphatic carbocycles. The van der Waals surface area contributed by atoms with Crippen LogP contribution in [0.3, 0.4) is 0 Å². The van der Waals surface area contributed by atoms with E-state index in [0.29, 0.717) is 25.5 Å². The maximum Gasteiger partial charge on any atom is 0.326 e. The van der Waals surface area contributed by atoms with E-state index in [2.05, 4.69) is 14.9 Å². The van der Waals surface area contributed by atoms with Crippen LogP contribution in [0.15, 0.2) is 66.0 Å². The maximum atomic E-state index is 13.8. The monoisotopic (exact) mass is 617 g/mol. The average Bonchev–Trinajstić information content (AvgIpc) is 3.39. The molecule has 1 aliphatic heterocycles. The van der Waals surface area contributed by atoms with Gasteiger partial charge in [0, 0.05) is 34.7 Å². The number of rotatable bonds is 10. The molecule has 13 heteroatoms. The fourth-order valence-corrected chi connectivity index (χ4v) is 6.62. The van der Waals surface area contributed by atoms with Crippen molar-refractivity contribution in [3.8, 4) is 5.82 Å². The number of carbonyl (C=O) groups is 1. The lowest BCUT2D eigenvalue weighted by molar-refractivity contribution is -0.141. The summed E-state index contributed by atoms with van der Waals surface area (Å²) >= 11 is 12.2. The Kier molecular flexibility index (Phi) is 8.98. The van der Waals surface area contributed by atoms with E-state index in [1.54, 1.807) is 30.6 Å². The Bertz CT molecular complexity index is 1620. The summed E-state index contributed by atoms with van der Waals surface area (Å²) in [5.74, 6) is 0.731. The lowest BCUT2D eigenvalue weighted by Crippen LogP contribution is -2.36. The smallest absolute Gasteiger partial charge is 0.326 e. The van der Waals surface area contributed by atoms with E-state index in [1.807, 2.05) is 23.8 Å². The molecule has 1 fully saturated rings. The number of carbonyl (C=O) groups excluding carboxylic acids is 1. The molecule has 0 bridgehead atoms. The number of halogens is 2. The first-order valence-electron chi connectivity index (χ1n) is 13.2. The molecule has 0 N–H and O–H groups in total. The molecule has 0 amide bonds. The highest BCUT2D eigenvalue weighted by Crippen LogP contribution is 2.31. The fraction of sp³-hybridized carbons (Fsp3) is 0.321. The normalized spacial score (nSPS) is 13.9. The lowest BCUT2D eigenvalue weighted by atomic mass is 10.2. The molecule has 10 nitrogen and oxygen atoms in total. The molecule has 0 atom stereocenters. The highest BCUT2D eigenvalue weighted by atomic mass is 35.5. The Morgan fingerprint density at radius 2 is 1.73 bits per heavy atom. The van der Waals surface area contributed by atoms with Crippen LogP contribution >= 0.6 is 23.2 Å². The van der Waals surface area contributed by atoms with Gasteiger partial charge in [-0.25, -0.2) is 18.4 Å². The van der Waals surface area contributed by atoms with Crippen LogP contribution in [0.2, 0.25) is 10.0 Å². The zero-order valence-corrected chi connectivity index (χ0v) is 24.7. The van der Waals surface area contributed by atoms with Crippen molar-refractivity contribution in [2.45, 2.75) is 24.7 Å². The Labute approximate surface area is 248 Å². The van der Waals surface area contributed by atoms with Crippen LogP contribution in [0.25, 0.3) is 16.7 Å². The van der Waals surface area contributed by atoms with Crippen molar-refractivity contribution in [2.24, 2.45) is 0 Å². The maximum absolute atomic E-state index is 13.8. The van der Waals surface area contributed by atoms with Gasteiger partial charge in [0.15, 0.2) is 5.82 Å². The van der Waals surface area contributed by atoms with Gasteiger partial charge in [0.1, 0.15) is 12.4 Å². The van der Waals surface area contributed by atoms with Crippen LogP contribution in [0, 0.1) is 0 Å². The van der Waals surface area contributed by atoms with Gasteiger partial charge in [0.25, 0.3) is 10.0 Å². The van der Waals surface area contributed by atoms with Crippen LogP contribution in [0.5, 0.6) is 0 Å². The van der Waals surface area contributed by atoms with Crippen molar-refractivity contribution in [1.29, 1.82) is 0 Å². The molecule has 41 heavy (non-hydrogen) atoms. The number of fused-ring (bicyclic) bond motifs is 1. The Morgan fingerprint density at radius 3 is 2.41 bits per heavy atom. The summed E-state index contributed by atoms with van der Waals surface area (Å²) < 4.78 is 41.2. The van der Waals surface area contributed by atoms with Gasteiger partial charge >= 0.3 is 5.97 Å². The van der Waals surface area contributed by atoms with Crippen molar-refractivity contribution in [1.82, 2.24) is 14.5 Å². The predicted molar refractivity (Wildman–Crippen MR) is 159 cm³/mol. The molecule has 4 aromatic rings. The van der Waals surface area contributed by atoms with Crippen molar-refractivity contribution in [3.05, 3.63) is 71.1 Å². The summed E-state index contributed by atoms with van der Waals surface area (Å²) in [4.78, 5) is 23.9. The minimum Gasteiger partial charge on any atom is -0.464 e. The Balaban J connectivity index is 1.47. The van der Waals surface area contributed by atoms with E-state index in [9.17, 15) is 13.2 Å². The number of ether oxygens (including phenoxy) is 2. The second-order valence-corrected chi connectivity index (χ2v) is 12.2. The van der Waals surface area contributed by atoms with E-state index in [4.69, 9.17) is 32.7 Å². The van der Waals surface area contributed by atoms with Crippen LogP contribution in [0.1, 0.15) is 19.8 Å². The molecule has 2 aromatic carbocycles. The molecule has 1 aliphatic rings. The molecular weight excluding hydrogens is 589 g/mol. The SMILES string of the molecule is CCCCOC(=O)CN(c1ccc2c(ccn2-c2cnc(N3CCOCC3)cn2)c1)S(=O)(=O)c1cc(Cl)cc(Cl)c1. The second-order valence-electron chi connectivity index (χ2n) is 9.45. The number of hydrogen-bond donors (Lipinski definition) is 0. The van der Waals surface area contributed by atoms with Gasteiger partial charge in [-0.3, -0.25) is 13.7 Å². The number of anilines is 2. The molecule has 0 radical (unpaired) electrons. The molecule has 216 valence electrons. The van der Waals surface area contributed by atoms with Crippen molar-refractivity contribution in [3.63, 3.8) is 0 Å². The van der Waals surface area contributed by atoms with Gasteiger partial charge in [-0.05, 0) is 48.9 Å². The fourth-order valence-electron chi connectivity index (χ4n) is 4.49. The number of esters is 1. The van der Waals surface area contributed by atoms with Crippen LogP contribution in [-0.2, 0) is 24.3 Å². The summed E-state index contributed by atoms with van der Waals surface area (Å²) in [7, 11) is -4.23. The largest absolute Gasteiger partial charge is 0.464 e. The number of unbranched alkanes of at least 4 members (excludes halogenated alkanes) is 1. The molecule has 0 saturated carbocycles. The number of benzene rings is 2. The number of aromatic nitrogens is 3. The van der Waals surface area contributed by atoms with E-state index in [1.165, 1.54) is 18.2 Å². The molecule has 5 rings (SSSR count). The van der Waals surface area contributed by atoms with Crippen molar-refractivity contribution >= 4 is 61.6 Å². The zero-order valence-electron chi connectivity index (χ0n) is 22.4. The minimum atomic E-state index is -4.23. The van der Waals surface area contributed by atoms with E-state index in [-0.39, 0.29) is 27.2 Å². The number of nitrogens with zero attached hydrogens (tertiary/aromatic N) is 5. The highest BCUT2D eigenvalue weighted by Gasteiger charge is 2.29. The number of sulfonamides is 1. The lowest BCUT2D eigenvalue weighted by Gasteiger charge is -2.27. The van der Waals surface area contributed by atoms with Crippen LogP contribution in [-0.4, -0.2) is 68.4 Å². The van der Waals surface area contributed by atoms with Gasteiger partial charge in [-0.1, -0.05) is 36.5 Å². The van der Waals surface area contributed by atoms with Crippen LogP contribution in [0.4, 0.5) is 11.5 Å². The molecule has 3 heterocycles. The third kappa shape index (κ3) is 6.59. The molecular formula is C28H29Cl2N5O5S. The standard InChI is InChI=1S/C28H29Cl2N5O5S/c1-2-3-10-40-28(36)19-35(41(37,38)24-15-21(29)14-22(30)16-24)23-4-5-25-20(13-23)6-7-34(25)27-18-31-26(17-32-27)33-8-11-39-12-9-33/h4-7,13-18H,2-3,8-12,19H2,1H3. The second kappa shape index (κ2) is 12.6. The Hall–Kier alpha value is -3.38. The first-order chi connectivity index (χ1) is 19.8. The molecule has 0 unspecified atom stereocenters. The predicted octanol–water partition coefficient (Wildman–Crippen LogP) is 5.10. The average molecular weight is 619 g/mol. The first kappa shape index (κ1) is 29.1. The quantitative estimate of drug-likeness (QED) is 0.179. The topological polar surface area (TPSA) is 107 Å². The van der Waals surface area contributed by atoms with Crippen molar-refractivity contribution in [2.75, 3.05) is 48.7 Å². The Morgan fingerprint density at radius 1 is 1.02 bits per heavy atom. The van der Waals surface area contributed by atoms with Gasteiger partial charge in [0.2, 0.25) is 0 Å². The number of morpholine rings is 1. The zero-order chi connectivity index (χ0) is 29.0. The van der Waals surface area contributed by atoms with E-state index in [0.717, 1.165) is 40.5 Å². The van der Waals surface area contributed by atoms with Gasteiger partial charge in [0.05, 0.1) is 48.3 Å². The summed E-state index contributed by atoms with van der Waals surface area (Å²) in [6.45, 7) is 4.49. The first-order valence-corrected chi connectivity index (χ1v) is 15.4. The molecule has 1 saturated heterocycles. The van der Waals surface area contributed by atoms with Gasteiger partial charge < -0.3 is 14.4 Å². The van der Waals surface area contributed by atoms with Crippen molar-refractivity contribution < 1.29 is 22.7 Å². The highest BCUT2D eigenvalue weighted by molar-refractivity contribution is 7.92. The third-order valence-corrected chi connectivity index (χ3v) is 8.81. The third-order valence-electron chi connectivity index (χ3n) is 6.63. The summed E-state index contributed by atoms with van der Waals surface area (Å²) in [6.07, 6.45) is 6.78. The summed E-state index contributed by atoms with van der Waals surface area (Å²) in [5.41, 5.74) is 1.07. The summed E-state index contributed by atoms with van der Waals surface area (Å²) in [6, 6.07) is 11.0. The molecule has 2 aromatic heterocycles. The number of hydrogen-bond acceptors (Lipinski definition) is 8. The van der Waals surface area contributed by atoms with Gasteiger partial charge in [-0.15, -0.1) is 0 Å². The molecule has 0 spiro atoms. The van der Waals surface area contributed by atoms with E-state index < -0.39 is 22.5 Å². The summed E-state index contributed by atoms with van der Waals surface area (Å²) in [5, 5.41) is 1.06. The van der Waals surface area contributed by atoms with Crippen LogP contribution < -0.4 is 9.21 Å². The van der Waals surface area contributed by atoms with E-state index >= 15 is 0 Å².